The number of carbonyl (C=O) groups is 2. The highest BCUT2D eigenvalue weighted by molar-refractivity contribution is 6.30. The normalized spacial score (nSPS) is 15.9. The Morgan fingerprint density at radius 2 is 1.55 bits per heavy atom. The summed E-state index contributed by atoms with van der Waals surface area (Å²) in [6.07, 6.45) is 1.65. The lowest BCUT2D eigenvalue weighted by atomic mass is 9.96. The van der Waals surface area contributed by atoms with Gasteiger partial charge in [0.25, 0.3) is 5.91 Å². The number of hydrogen-bond donors (Lipinski definition) is 1. The molecule has 1 aliphatic heterocycles. The van der Waals surface area contributed by atoms with Gasteiger partial charge in [0, 0.05) is 10.6 Å². The van der Waals surface area contributed by atoms with Crippen LogP contribution in [0.3, 0.4) is 0 Å². The Bertz CT molecular complexity index is 732. The zero-order chi connectivity index (χ0) is 14.1. The van der Waals surface area contributed by atoms with Gasteiger partial charge in [0.2, 0.25) is 5.78 Å². The van der Waals surface area contributed by atoms with Crippen LogP contribution < -0.4 is 5.32 Å². The minimum absolute atomic E-state index is 0.185. The van der Waals surface area contributed by atoms with Gasteiger partial charge in [-0.1, -0.05) is 41.9 Å². The lowest BCUT2D eigenvalue weighted by Crippen LogP contribution is -2.34. The summed E-state index contributed by atoms with van der Waals surface area (Å²) in [4.78, 5) is 24.3. The molecule has 20 heavy (non-hydrogen) atoms. The summed E-state index contributed by atoms with van der Waals surface area (Å²) >= 11 is 5.82. The fourth-order valence-electron chi connectivity index (χ4n) is 2.10. The molecule has 0 saturated carbocycles. The number of Topliss-reactive ketones (excluding diaryl/α,β-unsaturated/α-hetero) is 1. The SMILES string of the molecule is O=C1N/C(=C\c2ccc(Cl)cc2)C(=O)c2ccccc21. The highest BCUT2D eigenvalue weighted by Gasteiger charge is 2.26. The average Bonchev–Trinajstić information content (AvgIpc) is 2.47. The van der Waals surface area contributed by atoms with Gasteiger partial charge in [0.15, 0.2) is 0 Å². The first-order valence-electron chi connectivity index (χ1n) is 6.07. The third kappa shape index (κ3) is 2.24. The van der Waals surface area contributed by atoms with Gasteiger partial charge in [-0.3, -0.25) is 9.59 Å². The summed E-state index contributed by atoms with van der Waals surface area (Å²) in [6, 6.07) is 13.8. The van der Waals surface area contributed by atoms with Gasteiger partial charge in [-0.15, -0.1) is 0 Å². The van der Waals surface area contributed by atoms with Gasteiger partial charge < -0.3 is 5.32 Å². The molecule has 0 fully saturated rings. The Hall–Kier alpha value is -2.39. The van der Waals surface area contributed by atoms with Crippen LogP contribution in [0, 0.1) is 0 Å². The van der Waals surface area contributed by atoms with E-state index < -0.39 is 0 Å². The van der Waals surface area contributed by atoms with Crippen LogP contribution in [0.15, 0.2) is 54.2 Å². The van der Waals surface area contributed by atoms with E-state index in [-0.39, 0.29) is 17.4 Å². The number of halogens is 1. The number of nitrogens with one attached hydrogen (secondary N) is 1. The number of hydrogen-bond acceptors (Lipinski definition) is 2. The summed E-state index contributed by atoms with van der Waals surface area (Å²) in [5, 5.41) is 3.25. The van der Waals surface area contributed by atoms with Crippen LogP contribution in [0.1, 0.15) is 26.3 Å². The van der Waals surface area contributed by atoms with Crippen molar-refractivity contribution in [1.82, 2.24) is 5.32 Å². The maximum atomic E-state index is 12.3. The van der Waals surface area contributed by atoms with Crippen LogP contribution in [0.4, 0.5) is 0 Å². The fourth-order valence-corrected chi connectivity index (χ4v) is 2.22. The second-order valence-corrected chi connectivity index (χ2v) is 4.87. The quantitative estimate of drug-likeness (QED) is 0.816. The molecule has 0 atom stereocenters. The van der Waals surface area contributed by atoms with Crippen LogP contribution in [0.2, 0.25) is 5.02 Å². The van der Waals surface area contributed by atoms with Crippen LogP contribution in [0.25, 0.3) is 6.08 Å². The van der Waals surface area contributed by atoms with Gasteiger partial charge >= 0.3 is 0 Å². The van der Waals surface area contributed by atoms with E-state index in [0.29, 0.717) is 16.1 Å². The van der Waals surface area contributed by atoms with Crippen molar-refractivity contribution in [3.05, 3.63) is 75.9 Å². The van der Waals surface area contributed by atoms with Crippen molar-refractivity contribution in [3.63, 3.8) is 0 Å². The topological polar surface area (TPSA) is 46.2 Å². The molecule has 3 rings (SSSR count). The minimum atomic E-state index is -0.264. The second kappa shape index (κ2) is 4.94. The monoisotopic (exact) mass is 283 g/mol. The van der Waals surface area contributed by atoms with Crippen LogP contribution in [0.5, 0.6) is 0 Å². The summed E-state index contributed by atoms with van der Waals surface area (Å²) in [5.41, 5.74) is 1.91. The van der Waals surface area contributed by atoms with Crippen LogP contribution in [-0.4, -0.2) is 11.7 Å². The number of rotatable bonds is 1. The average molecular weight is 284 g/mol. The smallest absolute Gasteiger partial charge is 0.256 e. The van der Waals surface area contributed by atoms with E-state index in [0.717, 1.165) is 5.56 Å². The molecule has 1 amide bonds. The molecule has 0 spiro atoms. The molecule has 0 unspecified atom stereocenters. The molecule has 1 N–H and O–H groups in total. The first-order valence-corrected chi connectivity index (χ1v) is 6.45. The van der Waals surface area contributed by atoms with Crippen LogP contribution >= 0.6 is 11.6 Å². The molecule has 0 saturated heterocycles. The van der Waals surface area contributed by atoms with E-state index in [2.05, 4.69) is 5.32 Å². The zero-order valence-corrected chi connectivity index (χ0v) is 11.1. The van der Waals surface area contributed by atoms with Crippen molar-refractivity contribution >= 4 is 29.4 Å². The van der Waals surface area contributed by atoms with E-state index in [1.165, 1.54) is 0 Å². The highest BCUT2D eigenvalue weighted by Crippen LogP contribution is 2.20. The standard InChI is InChI=1S/C16H10ClNO2/c17-11-7-5-10(6-8-11)9-14-15(19)12-3-1-2-4-13(12)16(20)18-14/h1-9H,(H,18,20)/b14-9-. The molecular weight excluding hydrogens is 274 g/mol. The molecule has 4 heteroatoms. The number of ketones is 1. The number of allylic oxidation sites excluding steroid dienone is 1. The Morgan fingerprint density at radius 3 is 2.25 bits per heavy atom. The lowest BCUT2D eigenvalue weighted by molar-refractivity contribution is 0.0910. The van der Waals surface area contributed by atoms with Crippen molar-refractivity contribution < 1.29 is 9.59 Å². The van der Waals surface area contributed by atoms with Crippen molar-refractivity contribution in [2.24, 2.45) is 0 Å². The predicted molar refractivity (Wildman–Crippen MR) is 77.7 cm³/mol. The Balaban J connectivity index is 2.03. The molecule has 2 aromatic carbocycles. The van der Waals surface area contributed by atoms with Gasteiger partial charge in [0.05, 0.1) is 11.3 Å². The van der Waals surface area contributed by atoms with Crippen molar-refractivity contribution in [2.75, 3.05) is 0 Å². The molecular formula is C16H10ClNO2. The van der Waals surface area contributed by atoms with E-state index in [4.69, 9.17) is 11.6 Å². The molecule has 2 aromatic rings. The number of fused-ring (bicyclic) bond motifs is 1. The maximum absolute atomic E-state index is 12.3. The number of benzene rings is 2. The largest absolute Gasteiger partial charge is 0.319 e. The third-order valence-corrected chi connectivity index (χ3v) is 3.34. The first-order chi connectivity index (χ1) is 9.65. The van der Waals surface area contributed by atoms with Gasteiger partial charge in [-0.25, -0.2) is 0 Å². The molecule has 0 aliphatic carbocycles. The predicted octanol–water partition coefficient (Wildman–Crippen LogP) is 3.31. The second-order valence-electron chi connectivity index (χ2n) is 4.44. The Kier molecular flexibility index (Phi) is 3.12. The molecule has 3 nitrogen and oxygen atoms in total. The van der Waals surface area contributed by atoms with Gasteiger partial charge in [-0.05, 0) is 29.8 Å². The zero-order valence-electron chi connectivity index (χ0n) is 10.4. The van der Waals surface area contributed by atoms with E-state index in [9.17, 15) is 9.59 Å². The van der Waals surface area contributed by atoms with E-state index >= 15 is 0 Å². The highest BCUT2D eigenvalue weighted by atomic mass is 35.5. The van der Waals surface area contributed by atoms with Gasteiger partial charge in [-0.2, -0.15) is 0 Å². The van der Waals surface area contributed by atoms with E-state index in [1.54, 1.807) is 54.6 Å². The summed E-state index contributed by atoms with van der Waals surface area (Å²) in [7, 11) is 0. The maximum Gasteiger partial charge on any atom is 0.256 e. The summed E-state index contributed by atoms with van der Waals surface area (Å²) < 4.78 is 0. The summed E-state index contributed by atoms with van der Waals surface area (Å²) in [5.74, 6) is -0.449. The van der Waals surface area contributed by atoms with Crippen molar-refractivity contribution in [3.8, 4) is 0 Å². The molecule has 1 aliphatic rings. The van der Waals surface area contributed by atoms with Gasteiger partial charge in [0.1, 0.15) is 0 Å². The third-order valence-electron chi connectivity index (χ3n) is 3.09. The van der Waals surface area contributed by atoms with Crippen molar-refractivity contribution in [2.45, 2.75) is 0 Å². The molecule has 98 valence electrons. The molecule has 0 radical (unpaired) electrons. The van der Waals surface area contributed by atoms with E-state index in [1.807, 2.05) is 0 Å². The minimum Gasteiger partial charge on any atom is -0.319 e. The number of carbonyl (C=O) groups excluding carboxylic acids is 2. The van der Waals surface area contributed by atoms with Crippen molar-refractivity contribution in [1.29, 1.82) is 0 Å². The van der Waals surface area contributed by atoms with Crippen LogP contribution in [-0.2, 0) is 0 Å². The lowest BCUT2D eigenvalue weighted by Gasteiger charge is -2.17. The Morgan fingerprint density at radius 1 is 0.900 bits per heavy atom. The molecule has 1 heterocycles. The first kappa shape index (κ1) is 12.6. The Labute approximate surface area is 120 Å². The number of amides is 1. The summed E-state index contributed by atoms with van der Waals surface area (Å²) in [6.45, 7) is 0. The molecule has 0 aromatic heterocycles. The fraction of sp³-hybridized carbons (Fsp3) is 0. The molecule has 0 bridgehead atoms.